The summed E-state index contributed by atoms with van der Waals surface area (Å²) in [6.45, 7) is 3.70. The quantitative estimate of drug-likeness (QED) is 0.902. The van der Waals surface area contributed by atoms with Gasteiger partial charge in [-0.3, -0.25) is 4.79 Å². The molecule has 1 N–H and O–H groups in total. The van der Waals surface area contributed by atoms with E-state index in [1.54, 1.807) is 4.90 Å². The van der Waals surface area contributed by atoms with Crippen molar-refractivity contribution >= 4 is 5.91 Å². The average Bonchev–Trinajstić information content (AvgIpc) is 2.38. The molecule has 1 heterocycles. The van der Waals surface area contributed by atoms with Crippen molar-refractivity contribution in [2.24, 2.45) is 0 Å². The number of nitrogens with zero attached hydrogens (tertiary/aromatic N) is 1. The number of hydrogen-bond donors (Lipinski definition) is 1. The lowest BCUT2D eigenvalue weighted by Gasteiger charge is -2.32. The van der Waals surface area contributed by atoms with E-state index in [-0.39, 0.29) is 23.9 Å². The zero-order chi connectivity index (χ0) is 14.8. The van der Waals surface area contributed by atoms with Gasteiger partial charge in [0.05, 0.1) is 12.0 Å². The summed E-state index contributed by atoms with van der Waals surface area (Å²) in [4.78, 5) is 13.7. The van der Waals surface area contributed by atoms with E-state index in [9.17, 15) is 18.0 Å². The van der Waals surface area contributed by atoms with Crippen molar-refractivity contribution in [2.45, 2.75) is 25.6 Å². The zero-order valence-electron chi connectivity index (χ0n) is 11.2. The van der Waals surface area contributed by atoms with Gasteiger partial charge in [-0.05, 0) is 18.6 Å². The highest BCUT2D eigenvalue weighted by molar-refractivity contribution is 5.79. The first-order chi connectivity index (χ1) is 9.38. The lowest BCUT2D eigenvalue weighted by Crippen LogP contribution is -2.51. The number of benzene rings is 1. The van der Waals surface area contributed by atoms with Crippen LogP contribution in [0.1, 0.15) is 18.1 Å². The highest BCUT2D eigenvalue weighted by Gasteiger charge is 2.33. The topological polar surface area (TPSA) is 32.3 Å². The summed E-state index contributed by atoms with van der Waals surface area (Å²) in [6, 6.07) is 5.42. The van der Waals surface area contributed by atoms with Crippen molar-refractivity contribution in [3.05, 3.63) is 35.4 Å². The molecule has 1 saturated heterocycles. The third-order valence-electron chi connectivity index (χ3n) is 3.39. The molecule has 1 aliphatic rings. The molecular formula is C14H17F3N2O. The van der Waals surface area contributed by atoms with Gasteiger partial charge in [-0.2, -0.15) is 13.2 Å². The van der Waals surface area contributed by atoms with Gasteiger partial charge < -0.3 is 10.2 Å². The maximum Gasteiger partial charge on any atom is 0.416 e. The van der Waals surface area contributed by atoms with Crippen molar-refractivity contribution in [2.75, 3.05) is 19.6 Å². The van der Waals surface area contributed by atoms with Gasteiger partial charge in [0.25, 0.3) is 0 Å². The summed E-state index contributed by atoms with van der Waals surface area (Å²) >= 11 is 0. The van der Waals surface area contributed by atoms with E-state index in [0.29, 0.717) is 19.6 Å². The van der Waals surface area contributed by atoms with Gasteiger partial charge >= 0.3 is 6.18 Å². The number of amides is 1. The minimum absolute atomic E-state index is 0.0381. The van der Waals surface area contributed by atoms with Crippen LogP contribution in [0.3, 0.4) is 0 Å². The third kappa shape index (κ3) is 3.50. The Bertz CT molecular complexity index is 488. The molecule has 0 unspecified atom stereocenters. The fourth-order valence-corrected chi connectivity index (χ4v) is 2.38. The molecule has 0 aromatic heterocycles. The number of hydrogen-bond acceptors (Lipinski definition) is 2. The Morgan fingerprint density at radius 2 is 2.10 bits per heavy atom. The first-order valence-electron chi connectivity index (χ1n) is 6.54. The number of alkyl halides is 3. The molecule has 0 radical (unpaired) electrons. The van der Waals surface area contributed by atoms with E-state index in [2.05, 4.69) is 5.32 Å². The van der Waals surface area contributed by atoms with Gasteiger partial charge in [-0.25, -0.2) is 0 Å². The number of rotatable bonds is 2. The van der Waals surface area contributed by atoms with Gasteiger partial charge in [-0.1, -0.05) is 18.2 Å². The Kier molecular flexibility index (Phi) is 4.32. The van der Waals surface area contributed by atoms with E-state index in [1.807, 2.05) is 6.92 Å². The van der Waals surface area contributed by atoms with Crippen molar-refractivity contribution < 1.29 is 18.0 Å². The second-order valence-electron chi connectivity index (χ2n) is 5.03. The molecule has 1 fully saturated rings. The summed E-state index contributed by atoms with van der Waals surface area (Å²) in [5, 5.41) is 3.19. The smallest absolute Gasteiger partial charge is 0.340 e. The average molecular weight is 286 g/mol. The summed E-state index contributed by atoms with van der Waals surface area (Å²) in [5.74, 6) is -0.255. The molecule has 1 amide bonds. The molecular weight excluding hydrogens is 269 g/mol. The molecule has 110 valence electrons. The van der Waals surface area contributed by atoms with Crippen LogP contribution in [-0.4, -0.2) is 36.5 Å². The molecule has 0 saturated carbocycles. The first kappa shape index (κ1) is 14.8. The minimum Gasteiger partial charge on any atom is -0.340 e. The molecule has 0 aliphatic carbocycles. The molecule has 1 aromatic rings. The second kappa shape index (κ2) is 5.83. The van der Waals surface area contributed by atoms with Crippen LogP contribution in [0.5, 0.6) is 0 Å². The van der Waals surface area contributed by atoms with E-state index in [0.717, 1.165) is 6.07 Å². The van der Waals surface area contributed by atoms with Crippen molar-refractivity contribution in [1.29, 1.82) is 0 Å². The monoisotopic (exact) mass is 286 g/mol. The van der Waals surface area contributed by atoms with E-state index >= 15 is 0 Å². The van der Waals surface area contributed by atoms with Crippen LogP contribution in [0.2, 0.25) is 0 Å². The molecule has 2 rings (SSSR count). The van der Waals surface area contributed by atoms with Crippen molar-refractivity contribution in [3.8, 4) is 0 Å². The Hall–Kier alpha value is -1.56. The Balaban J connectivity index is 2.12. The molecule has 1 aromatic carbocycles. The van der Waals surface area contributed by atoms with Gasteiger partial charge in [0.1, 0.15) is 0 Å². The highest BCUT2D eigenvalue weighted by Crippen LogP contribution is 2.32. The Morgan fingerprint density at radius 3 is 2.75 bits per heavy atom. The number of halogens is 3. The van der Waals surface area contributed by atoms with E-state index < -0.39 is 11.7 Å². The van der Waals surface area contributed by atoms with Crippen molar-refractivity contribution in [3.63, 3.8) is 0 Å². The maximum absolute atomic E-state index is 12.9. The summed E-state index contributed by atoms with van der Waals surface area (Å²) in [6.07, 6.45) is -4.63. The van der Waals surface area contributed by atoms with Gasteiger partial charge in [0.15, 0.2) is 0 Å². The molecule has 0 bridgehead atoms. The number of nitrogens with one attached hydrogen (secondary N) is 1. The van der Waals surface area contributed by atoms with E-state index in [4.69, 9.17) is 0 Å². The maximum atomic E-state index is 12.9. The molecule has 3 nitrogen and oxygen atoms in total. The van der Waals surface area contributed by atoms with Crippen LogP contribution < -0.4 is 5.32 Å². The number of carbonyl (C=O) groups is 1. The predicted octanol–water partition coefficient (Wildman–Crippen LogP) is 2.07. The van der Waals surface area contributed by atoms with Crippen LogP contribution in [0.25, 0.3) is 0 Å². The highest BCUT2D eigenvalue weighted by atomic mass is 19.4. The van der Waals surface area contributed by atoms with Gasteiger partial charge in [0, 0.05) is 25.7 Å². The molecule has 6 heteroatoms. The molecule has 1 aliphatic heterocycles. The minimum atomic E-state index is -4.42. The first-order valence-corrected chi connectivity index (χ1v) is 6.54. The fourth-order valence-electron chi connectivity index (χ4n) is 2.38. The van der Waals surface area contributed by atoms with Crippen LogP contribution >= 0.6 is 0 Å². The SMILES string of the molecule is C[C@@H]1CN(C(=O)Cc2ccccc2C(F)(F)F)CCN1. The molecule has 0 spiro atoms. The lowest BCUT2D eigenvalue weighted by atomic mass is 10.0. The number of carbonyl (C=O) groups excluding carboxylic acids is 1. The standard InChI is InChI=1S/C14H17F3N2O/c1-10-9-19(7-6-18-10)13(20)8-11-4-2-3-5-12(11)14(15,16)17/h2-5,10,18H,6-9H2,1H3/t10-/m1/s1. The Morgan fingerprint density at radius 1 is 1.40 bits per heavy atom. The van der Waals surface area contributed by atoms with Gasteiger partial charge in [-0.15, -0.1) is 0 Å². The van der Waals surface area contributed by atoms with Crippen LogP contribution in [-0.2, 0) is 17.4 Å². The predicted molar refractivity (Wildman–Crippen MR) is 69.2 cm³/mol. The molecule has 1 atom stereocenters. The lowest BCUT2D eigenvalue weighted by molar-refractivity contribution is -0.138. The second-order valence-corrected chi connectivity index (χ2v) is 5.03. The van der Waals surface area contributed by atoms with Crippen LogP contribution in [0.4, 0.5) is 13.2 Å². The number of piperazine rings is 1. The third-order valence-corrected chi connectivity index (χ3v) is 3.39. The molecule has 20 heavy (non-hydrogen) atoms. The van der Waals surface area contributed by atoms with Crippen molar-refractivity contribution in [1.82, 2.24) is 10.2 Å². The largest absolute Gasteiger partial charge is 0.416 e. The summed E-state index contributed by atoms with van der Waals surface area (Å²) in [7, 11) is 0. The van der Waals surface area contributed by atoms with Gasteiger partial charge in [0.2, 0.25) is 5.91 Å². The van der Waals surface area contributed by atoms with Crippen LogP contribution in [0, 0.1) is 0 Å². The normalized spacial score (nSPS) is 20.0. The van der Waals surface area contributed by atoms with E-state index in [1.165, 1.54) is 18.2 Å². The fraction of sp³-hybridized carbons (Fsp3) is 0.500. The Labute approximate surface area is 115 Å². The van der Waals surface area contributed by atoms with Crippen LogP contribution in [0.15, 0.2) is 24.3 Å². The summed E-state index contributed by atoms with van der Waals surface area (Å²) < 4.78 is 38.6. The summed E-state index contributed by atoms with van der Waals surface area (Å²) in [5.41, 5.74) is -0.687. The zero-order valence-corrected chi connectivity index (χ0v) is 11.2.